The van der Waals surface area contributed by atoms with E-state index in [0.29, 0.717) is 12.2 Å². The number of nitrogens with one attached hydrogen (secondary N) is 2. The van der Waals surface area contributed by atoms with Crippen LogP contribution in [0.15, 0.2) is 18.2 Å². The van der Waals surface area contributed by atoms with E-state index in [1.807, 2.05) is 0 Å². The minimum Gasteiger partial charge on any atom is -0.477 e. The van der Waals surface area contributed by atoms with Crippen molar-refractivity contribution in [3.8, 4) is 0 Å². The Morgan fingerprint density at radius 2 is 2.39 bits per heavy atom. The topological polar surface area (TPSA) is 91.3 Å². The number of amides is 1. The van der Waals surface area contributed by atoms with Crippen LogP contribution in [-0.2, 0) is 11.3 Å². The first-order chi connectivity index (χ1) is 8.66. The Morgan fingerprint density at radius 3 is 3.11 bits per heavy atom. The molecule has 0 spiro atoms. The summed E-state index contributed by atoms with van der Waals surface area (Å²) in [7, 11) is 0. The molecule has 0 bridgehead atoms. The van der Waals surface area contributed by atoms with E-state index in [1.54, 1.807) is 12.1 Å². The van der Waals surface area contributed by atoms with E-state index < -0.39 is 5.97 Å². The number of nitrogens with zero attached hydrogens (tertiary/aromatic N) is 1. The fourth-order valence-electron chi connectivity index (χ4n) is 1.89. The number of carbonyl (C=O) groups excluding carboxylic acids is 1. The lowest BCUT2D eigenvalue weighted by Gasteiger charge is -2.22. The maximum Gasteiger partial charge on any atom is 0.354 e. The molecule has 1 amide bonds. The number of carbonyl (C=O) groups is 2. The minimum absolute atomic E-state index is 0.00404. The summed E-state index contributed by atoms with van der Waals surface area (Å²) in [6, 6.07) is 4.61. The van der Waals surface area contributed by atoms with Gasteiger partial charge < -0.3 is 15.7 Å². The molecule has 1 unspecified atom stereocenters. The van der Waals surface area contributed by atoms with Gasteiger partial charge in [0, 0.05) is 13.1 Å². The number of pyridine rings is 1. The third-order valence-corrected chi connectivity index (χ3v) is 2.84. The zero-order chi connectivity index (χ0) is 13.0. The molecular weight excluding hydrogens is 234 g/mol. The van der Waals surface area contributed by atoms with E-state index in [4.69, 9.17) is 5.11 Å². The molecule has 0 aromatic carbocycles. The molecule has 1 atom stereocenters. The number of hydrogen-bond donors (Lipinski definition) is 3. The molecule has 6 nitrogen and oxygen atoms in total. The second-order valence-corrected chi connectivity index (χ2v) is 4.19. The molecule has 6 heteroatoms. The molecule has 0 saturated carbocycles. The standard InChI is InChI=1S/C12H15N3O3/c16-11-9(5-2-6-13-11)14-7-8-3-1-4-10(15-8)12(17)18/h1,3-4,9,14H,2,5-7H2,(H,13,16)(H,17,18). The number of piperidine rings is 1. The van der Waals surface area contributed by atoms with Crippen molar-refractivity contribution in [2.45, 2.75) is 25.4 Å². The molecule has 2 heterocycles. The number of aromatic nitrogens is 1. The summed E-state index contributed by atoms with van der Waals surface area (Å²) >= 11 is 0. The van der Waals surface area contributed by atoms with Gasteiger partial charge in [0.15, 0.2) is 0 Å². The molecule has 2 rings (SSSR count). The van der Waals surface area contributed by atoms with Gasteiger partial charge in [-0.15, -0.1) is 0 Å². The van der Waals surface area contributed by atoms with E-state index in [-0.39, 0.29) is 17.6 Å². The van der Waals surface area contributed by atoms with Crippen molar-refractivity contribution in [3.63, 3.8) is 0 Å². The Labute approximate surface area is 104 Å². The highest BCUT2D eigenvalue weighted by atomic mass is 16.4. The van der Waals surface area contributed by atoms with Crippen LogP contribution >= 0.6 is 0 Å². The molecule has 18 heavy (non-hydrogen) atoms. The fraction of sp³-hybridized carbons (Fsp3) is 0.417. The summed E-state index contributed by atoms with van der Waals surface area (Å²) in [5, 5.41) is 14.7. The van der Waals surface area contributed by atoms with Crippen molar-refractivity contribution < 1.29 is 14.7 Å². The first kappa shape index (κ1) is 12.5. The molecule has 1 fully saturated rings. The Morgan fingerprint density at radius 1 is 1.56 bits per heavy atom. The summed E-state index contributed by atoms with van der Waals surface area (Å²) in [5.74, 6) is -1.05. The first-order valence-electron chi connectivity index (χ1n) is 5.87. The summed E-state index contributed by atoms with van der Waals surface area (Å²) in [6.45, 7) is 1.11. The van der Waals surface area contributed by atoms with E-state index >= 15 is 0 Å². The van der Waals surface area contributed by atoms with Gasteiger partial charge in [-0.1, -0.05) is 6.07 Å². The molecule has 0 radical (unpaired) electrons. The number of hydrogen-bond acceptors (Lipinski definition) is 4. The van der Waals surface area contributed by atoms with E-state index in [9.17, 15) is 9.59 Å². The van der Waals surface area contributed by atoms with E-state index in [2.05, 4.69) is 15.6 Å². The van der Waals surface area contributed by atoms with Crippen LogP contribution in [0.5, 0.6) is 0 Å². The van der Waals surface area contributed by atoms with Crippen LogP contribution in [0, 0.1) is 0 Å². The van der Waals surface area contributed by atoms with Crippen LogP contribution in [-0.4, -0.2) is 34.6 Å². The smallest absolute Gasteiger partial charge is 0.354 e. The fourth-order valence-corrected chi connectivity index (χ4v) is 1.89. The molecule has 1 aromatic rings. The van der Waals surface area contributed by atoms with Crippen LogP contribution in [0.2, 0.25) is 0 Å². The van der Waals surface area contributed by atoms with Gasteiger partial charge in [-0.05, 0) is 25.0 Å². The van der Waals surface area contributed by atoms with Gasteiger partial charge in [0.25, 0.3) is 0 Å². The normalized spacial score (nSPS) is 19.3. The Balaban J connectivity index is 1.95. The van der Waals surface area contributed by atoms with Crippen molar-refractivity contribution in [2.75, 3.05) is 6.54 Å². The third-order valence-electron chi connectivity index (χ3n) is 2.84. The maximum absolute atomic E-state index is 11.5. The highest BCUT2D eigenvalue weighted by molar-refractivity contribution is 5.85. The first-order valence-corrected chi connectivity index (χ1v) is 5.87. The molecular formula is C12H15N3O3. The summed E-state index contributed by atoms with van der Waals surface area (Å²) in [6.07, 6.45) is 1.75. The zero-order valence-corrected chi connectivity index (χ0v) is 9.85. The Kier molecular flexibility index (Phi) is 3.88. The maximum atomic E-state index is 11.5. The average molecular weight is 249 g/mol. The lowest BCUT2D eigenvalue weighted by atomic mass is 10.1. The lowest BCUT2D eigenvalue weighted by Crippen LogP contribution is -2.48. The molecule has 1 aliphatic heterocycles. The number of rotatable bonds is 4. The zero-order valence-electron chi connectivity index (χ0n) is 9.85. The summed E-state index contributed by atoms with van der Waals surface area (Å²) < 4.78 is 0. The SMILES string of the molecule is O=C(O)c1cccc(CNC2CCCNC2=O)n1. The summed E-state index contributed by atoms with van der Waals surface area (Å²) in [4.78, 5) is 26.3. The number of carboxylic acid groups (broad SMARTS) is 1. The van der Waals surface area contributed by atoms with Crippen molar-refractivity contribution in [2.24, 2.45) is 0 Å². The highest BCUT2D eigenvalue weighted by Crippen LogP contribution is 2.05. The van der Waals surface area contributed by atoms with Crippen molar-refractivity contribution in [3.05, 3.63) is 29.6 Å². The van der Waals surface area contributed by atoms with E-state index in [1.165, 1.54) is 6.07 Å². The van der Waals surface area contributed by atoms with Gasteiger partial charge >= 0.3 is 5.97 Å². The van der Waals surface area contributed by atoms with Crippen LogP contribution in [0.4, 0.5) is 0 Å². The predicted molar refractivity (Wildman–Crippen MR) is 64.1 cm³/mol. The van der Waals surface area contributed by atoms with Gasteiger partial charge in [0.1, 0.15) is 5.69 Å². The third kappa shape index (κ3) is 3.04. The number of aromatic carboxylic acids is 1. The minimum atomic E-state index is -1.05. The highest BCUT2D eigenvalue weighted by Gasteiger charge is 2.21. The van der Waals surface area contributed by atoms with Crippen molar-refractivity contribution in [1.82, 2.24) is 15.6 Å². The van der Waals surface area contributed by atoms with E-state index in [0.717, 1.165) is 19.4 Å². The van der Waals surface area contributed by atoms with Crippen LogP contribution in [0.25, 0.3) is 0 Å². The van der Waals surface area contributed by atoms with Gasteiger partial charge in [-0.2, -0.15) is 0 Å². The molecule has 1 aliphatic rings. The van der Waals surface area contributed by atoms with Gasteiger partial charge in [0.05, 0.1) is 11.7 Å². The van der Waals surface area contributed by atoms with Crippen LogP contribution in [0.1, 0.15) is 29.0 Å². The predicted octanol–water partition coefficient (Wildman–Crippen LogP) is 0.148. The molecule has 0 aliphatic carbocycles. The van der Waals surface area contributed by atoms with Gasteiger partial charge in [-0.25, -0.2) is 9.78 Å². The molecule has 3 N–H and O–H groups in total. The van der Waals surface area contributed by atoms with Crippen LogP contribution in [0.3, 0.4) is 0 Å². The van der Waals surface area contributed by atoms with Gasteiger partial charge in [-0.3, -0.25) is 4.79 Å². The molecule has 96 valence electrons. The lowest BCUT2D eigenvalue weighted by molar-refractivity contribution is -0.124. The molecule has 1 saturated heterocycles. The monoisotopic (exact) mass is 249 g/mol. The quantitative estimate of drug-likeness (QED) is 0.706. The Bertz CT molecular complexity index is 462. The summed E-state index contributed by atoms with van der Waals surface area (Å²) in [5.41, 5.74) is 0.635. The second kappa shape index (κ2) is 5.59. The van der Waals surface area contributed by atoms with Crippen molar-refractivity contribution in [1.29, 1.82) is 0 Å². The van der Waals surface area contributed by atoms with Gasteiger partial charge in [0.2, 0.25) is 5.91 Å². The van der Waals surface area contributed by atoms with Crippen LogP contribution < -0.4 is 10.6 Å². The second-order valence-electron chi connectivity index (χ2n) is 4.19. The Hall–Kier alpha value is -1.95. The average Bonchev–Trinajstić information content (AvgIpc) is 2.38. The van der Waals surface area contributed by atoms with Crippen molar-refractivity contribution >= 4 is 11.9 Å². The number of carboxylic acids is 1. The largest absolute Gasteiger partial charge is 0.477 e. The molecule has 1 aromatic heterocycles.